The van der Waals surface area contributed by atoms with Crippen LogP contribution in [-0.4, -0.2) is 57.3 Å². The lowest BCUT2D eigenvalue weighted by Gasteiger charge is -2.16. The predicted molar refractivity (Wildman–Crippen MR) is 126 cm³/mol. The first kappa shape index (κ1) is 24.1. The lowest BCUT2D eigenvalue weighted by molar-refractivity contribution is -0.137. The van der Waals surface area contributed by atoms with Crippen molar-refractivity contribution in [3.63, 3.8) is 0 Å². The van der Waals surface area contributed by atoms with Gasteiger partial charge in [-0.3, -0.25) is 14.5 Å². The molecule has 0 saturated carbocycles. The zero-order valence-corrected chi connectivity index (χ0v) is 19.6. The number of ether oxygens (including phenoxy) is 4. The number of carbonyl (C=O) groups is 2. The van der Waals surface area contributed by atoms with Crippen molar-refractivity contribution < 1.29 is 28.5 Å². The van der Waals surface area contributed by atoms with E-state index in [1.54, 1.807) is 56.7 Å². The highest BCUT2D eigenvalue weighted by Gasteiger charge is 2.39. The molecule has 1 N–H and O–H groups in total. The molecule has 0 radical (unpaired) electrons. The zero-order valence-electron chi connectivity index (χ0n) is 19.6. The fraction of sp³-hybridized carbons (Fsp3) is 0.360. The number of hydrogen-bond donors (Lipinski definition) is 1. The molecule has 0 atom stereocenters. The van der Waals surface area contributed by atoms with Gasteiger partial charge in [-0.15, -0.1) is 0 Å². The monoisotopic (exact) mass is 454 g/mol. The van der Waals surface area contributed by atoms with E-state index in [1.165, 1.54) is 12.0 Å². The van der Waals surface area contributed by atoms with Crippen LogP contribution in [0.25, 0.3) is 5.57 Å². The Labute approximate surface area is 194 Å². The third-order valence-electron chi connectivity index (χ3n) is 5.08. The van der Waals surface area contributed by atoms with Crippen LogP contribution in [-0.2, 0) is 14.3 Å². The van der Waals surface area contributed by atoms with Crippen LogP contribution in [0.1, 0.15) is 25.8 Å². The van der Waals surface area contributed by atoms with E-state index in [4.69, 9.17) is 18.9 Å². The lowest BCUT2D eigenvalue weighted by atomic mass is 10.0. The van der Waals surface area contributed by atoms with Gasteiger partial charge >= 0.3 is 0 Å². The first-order valence-electron chi connectivity index (χ1n) is 10.7. The maximum absolute atomic E-state index is 13.3. The summed E-state index contributed by atoms with van der Waals surface area (Å²) in [5.41, 5.74) is 1.60. The van der Waals surface area contributed by atoms with Crippen LogP contribution >= 0.6 is 0 Å². The quantitative estimate of drug-likeness (QED) is 0.409. The van der Waals surface area contributed by atoms with Crippen LogP contribution in [0.4, 0.5) is 5.69 Å². The fourth-order valence-corrected chi connectivity index (χ4v) is 3.55. The largest absolute Gasteiger partial charge is 0.497 e. The number of hydrogen-bond acceptors (Lipinski definition) is 7. The average molecular weight is 455 g/mol. The summed E-state index contributed by atoms with van der Waals surface area (Å²) in [6.45, 7) is 4.58. The minimum absolute atomic E-state index is 0.0267. The van der Waals surface area contributed by atoms with Gasteiger partial charge in [-0.1, -0.05) is 12.1 Å². The number of carbonyl (C=O) groups excluding carboxylic acids is 2. The van der Waals surface area contributed by atoms with E-state index in [0.717, 1.165) is 0 Å². The SMILES string of the molecule is COCCCN1C(=O)C(Nc2cc(OC)ccc2OC)=C(c2ccc(OC(C)C)cc2)C1=O. The maximum Gasteiger partial charge on any atom is 0.278 e. The summed E-state index contributed by atoms with van der Waals surface area (Å²) < 4.78 is 21.5. The van der Waals surface area contributed by atoms with Gasteiger partial charge in [0.15, 0.2) is 0 Å². The van der Waals surface area contributed by atoms with E-state index < -0.39 is 5.91 Å². The van der Waals surface area contributed by atoms with E-state index in [9.17, 15) is 9.59 Å². The minimum atomic E-state index is -0.404. The second-order valence-electron chi connectivity index (χ2n) is 7.74. The molecule has 1 aliphatic heterocycles. The third-order valence-corrected chi connectivity index (χ3v) is 5.08. The number of rotatable bonds is 11. The van der Waals surface area contributed by atoms with Crippen molar-refractivity contribution in [2.45, 2.75) is 26.4 Å². The summed E-state index contributed by atoms with van der Waals surface area (Å²) in [6.07, 6.45) is 0.567. The van der Waals surface area contributed by atoms with Crippen molar-refractivity contribution in [2.24, 2.45) is 0 Å². The van der Waals surface area contributed by atoms with Gasteiger partial charge in [-0.05, 0) is 50.1 Å². The number of nitrogens with zero attached hydrogens (tertiary/aromatic N) is 1. The normalized spacial score (nSPS) is 13.7. The first-order chi connectivity index (χ1) is 15.9. The summed E-state index contributed by atoms with van der Waals surface area (Å²) in [4.78, 5) is 27.9. The molecule has 1 heterocycles. The first-order valence-corrected chi connectivity index (χ1v) is 10.7. The Morgan fingerprint density at radius 2 is 1.61 bits per heavy atom. The van der Waals surface area contributed by atoms with Gasteiger partial charge in [0.05, 0.1) is 31.6 Å². The molecule has 1 aliphatic rings. The van der Waals surface area contributed by atoms with Gasteiger partial charge in [-0.25, -0.2) is 0 Å². The summed E-state index contributed by atoms with van der Waals surface area (Å²) >= 11 is 0. The van der Waals surface area contributed by atoms with Gasteiger partial charge in [-0.2, -0.15) is 0 Å². The smallest absolute Gasteiger partial charge is 0.278 e. The van der Waals surface area contributed by atoms with Crippen LogP contribution in [0.15, 0.2) is 48.2 Å². The van der Waals surface area contributed by atoms with Crippen LogP contribution < -0.4 is 19.5 Å². The number of imide groups is 1. The average Bonchev–Trinajstić information content (AvgIpc) is 3.03. The molecule has 0 spiro atoms. The lowest BCUT2D eigenvalue weighted by Crippen LogP contribution is -2.33. The highest BCUT2D eigenvalue weighted by molar-refractivity contribution is 6.36. The highest BCUT2D eigenvalue weighted by atomic mass is 16.5. The van der Waals surface area contributed by atoms with Crippen LogP contribution in [0.2, 0.25) is 0 Å². The number of anilines is 1. The third kappa shape index (κ3) is 5.46. The molecule has 2 amide bonds. The molecule has 8 nitrogen and oxygen atoms in total. The molecule has 2 aromatic rings. The Balaban J connectivity index is 2.03. The topological polar surface area (TPSA) is 86.3 Å². The van der Waals surface area contributed by atoms with Crippen molar-refractivity contribution in [3.8, 4) is 17.2 Å². The summed E-state index contributed by atoms with van der Waals surface area (Å²) in [6, 6.07) is 12.3. The Kier molecular flexibility index (Phi) is 7.95. The molecule has 0 aromatic heterocycles. The number of benzene rings is 2. The maximum atomic E-state index is 13.3. The van der Waals surface area contributed by atoms with E-state index in [1.807, 2.05) is 13.8 Å². The molecule has 0 bridgehead atoms. The van der Waals surface area contributed by atoms with Crippen molar-refractivity contribution in [3.05, 3.63) is 53.7 Å². The Bertz CT molecular complexity index is 1030. The Morgan fingerprint density at radius 3 is 2.21 bits per heavy atom. The van der Waals surface area contributed by atoms with Crippen molar-refractivity contribution in [1.82, 2.24) is 4.90 Å². The Hall–Kier alpha value is -3.52. The number of methoxy groups -OCH3 is 3. The van der Waals surface area contributed by atoms with Crippen molar-refractivity contribution in [2.75, 3.05) is 39.8 Å². The van der Waals surface area contributed by atoms with Gasteiger partial charge in [0.25, 0.3) is 11.8 Å². The van der Waals surface area contributed by atoms with Gasteiger partial charge in [0.1, 0.15) is 22.9 Å². The number of nitrogens with one attached hydrogen (secondary N) is 1. The van der Waals surface area contributed by atoms with Crippen molar-refractivity contribution in [1.29, 1.82) is 0 Å². The van der Waals surface area contributed by atoms with Crippen LogP contribution in [0.5, 0.6) is 17.2 Å². The van der Waals surface area contributed by atoms with E-state index in [2.05, 4.69) is 5.32 Å². The fourth-order valence-electron chi connectivity index (χ4n) is 3.55. The van der Waals surface area contributed by atoms with Gasteiger partial charge in [0.2, 0.25) is 0 Å². The highest BCUT2D eigenvalue weighted by Crippen LogP contribution is 2.35. The molecule has 0 aliphatic carbocycles. The van der Waals surface area contributed by atoms with E-state index >= 15 is 0 Å². The van der Waals surface area contributed by atoms with Gasteiger partial charge in [0, 0.05) is 26.3 Å². The second kappa shape index (κ2) is 10.9. The summed E-state index contributed by atoms with van der Waals surface area (Å²) in [5, 5.41) is 3.13. The summed E-state index contributed by atoms with van der Waals surface area (Å²) in [5.74, 6) is 1.02. The molecule has 0 saturated heterocycles. The Morgan fingerprint density at radius 1 is 0.909 bits per heavy atom. The zero-order chi connectivity index (χ0) is 24.0. The molecule has 0 unspecified atom stereocenters. The predicted octanol–water partition coefficient (Wildman–Crippen LogP) is 3.72. The van der Waals surface area contributed by atoms with Crippen LogP contribution in [0, 0.1) is 0 Å². The standard InChI is InChI=1S/C25H30N2O6/c1-16(2)33-18-9-7-17(8-10-18)22-23(25(29)27(24(22)28)13-6-14-30-3)26-20-15-19(31-4)11-12-21(20)32-5/h7-12,15-16,26H,6,13-14H2,1-5H3. The number of amides is 2. The van der Waals surface area contributed by atoms with Gasteiger partial charge < -0.3 is 24.3 Å². The summed E-state index contributed by atoms with van der Waals surface area (Å²) in [7, 11) is 4.67. The molecule has 33 heavy (non-hydrogen) atoms. The molecule has 3 rings (SSSR count). The molecule has 8 heteroatoms. The van der Waals surface area contributed by atoms with Crippen LogP contribution in [0.3, 0.4) is 0 Å². The minimum Gasteiger partial charge on any atom is -0.497 e. The molecule has 0 fully saturated rings. The molecular formula is C25H30N2O6. The molecular weight excluding hydrogens is 424 g/mol. The molecule has 2 aromatic carbocycles. The molecule has 176 valence electrons. The van der Waals surface area contributed by atoms with Crippen molar-refractivity contribution >= 4 is 23.1 Å². The second-order valence-corrected chi connectivity index (χ2v) is 7.74. The van der Waals surface area contributed by atoms with E-state index in [0.29, 0.717) is 47.1 Å². The van der Waals surface area contributed by atoms with E-state index in [-0.39, 0.29) is 24.3 Å².